The number of ether oxygens (including phenoxy) is 1. The number of piperidine rings is 1. The number of likely N-dealkylation sites (tertiary alicyclic amines) is 2. The average Bonchev–Trinajstić information content (AvgIpc) is 3.46. The van der Waals surface area contributed by atoms with E-state index in [1.807, 2.05) is 36.6 Å². The molecule has 2 aliphatic heterocycles. The smallest absolute Gasteiger partial charge is 0.409 e. The molecule has 2 aliphatic rings. The molecule has 1 N–H and O–H groups in total. The van der Waals surface area contributed by atoms with Gasteiger partial charge in [-0.1, -0.05) is 37.3 Å². The maximum absolute atomic E-state index is 13.2. The van der Waals surface area contributed by atoms with Gasteiger partial charge < -0.3 is 19.6 Å². The van der Waals surface area contributed by atoms with Gasteiger partial charge in [0.1, 0.15) is 5.76 Å². The number of benzene rings is 1. The van der Waals surface area contributed by atoms with Crippen molar-refractivity contribution < 1.29 is 24.2 Å². The molecule has 4 rings (SSSR count). The second kappa shape index (κ2) is 9.79. The molecule has 7 nitrogen and oxygen atoms in total. The van der Waals surface area contributed by atoms with E-state index in [1.165, 1.54) is 11.3 Å². The Balaban J connectivity index is 1.68. The van der Waals surface area contributed by atoms with E-state index in [0.717, 1.165) is 16.9 Å². The molecule has 1 aromatic carbocycles. The molecule has 3 heterocycles. The van der Waals surface area contributed by atoms with E-state index in [0.29, 0.717) is 38.1 Å². The summed E-state index contributed by atoms with van der Waals surface area (Å²) in [6, 6.07) is 10.3. The van der Waals surface area contributed by atoms with Gasteiger partial charge in [-0.15, -0.1) is 11.3 Å². The minimum Gasteiger partial charge on any atom is -0.507 e. The van der Waals surface area contributed by atoms with Gasteiger partial charge in [0.05, 0.1) is 18.2 Å². The predicted molar refractivity (Wildman–Crippen MR) is 126 cm³/mol. The van der Waals surface area contributed by atoms with E-state index >= 15 is 0 Å². The normalized spacial score (nSPS) is 21.0. The van der Waals surface area contributed by atoms with Gasteiger partial charge in [0, 0.05) is 29.6 Å². The molecule has 0 bridgehead atoms. The number of thiophene rings is 1. The van der Waals surface area contributed by atoms with Crippen LogP contribution in [0.25, 0.3) is 5.76 Å². The third kappa shape index (κ3) is 4.39. The molecule has 8 heteroatoms. The maximum Gasteiger partial charge on any atom is 0.409 e. The highest BCUT2D eigenvalue weighted by atomic mass is 32.1. The van der Waals surface area contributed by atoms with Gasteiger partial charge in [0.2, 0.25) is 0 Å². The van der Waals surface area contributed by atoms with Gasteiger partial charge in [-0.05, 0) is 43.2 Å². The Bertz CT molecular complexity index is 1050. The number of aryl methyl sites for hydroxylation is 1. The van der Waals surface area contributed by atoms with Crippen molar-refractivity contribution >= 4 is 34.9 Å². The molecule has 174 valence electrons. The highest BCUT2D eigenvalue weighted by molar-refractivity contribution is 7.10. The van der Waals surface area contributed by atoms with Crippen molar-refractivity contribution in [1.82, 2.24) is 9.80 Å². The molecule has 0 radical (unpaired) electrons. The monoisotopic (exact) mass is 468 g/mol. The highest BCUT2D eigenvalue weighted by Crippen LogP contribution is 2.43. The molecular weight excluding hydrogens is 440 g/mol. The van der Waals surface area contributed by atoms with E-state index in [2.05, 4.69) is 0 Å². The van der Waals surface area contributed by atoms with Crippen molar-refractivity contribution in [3.63, 3.8) is 0 Å². The Morgan fingerprint density at radius 1 is 1.12 bits per heavy atom. The molecule has 0 aliphatic carbocycles. The molecule has 2 saturated heterocycles. The van der Waals surface area contributed by atoms with Crippen molar-refractivity contribution in [3.05, 3.63) is 63.4 Å². The van der Waals surface area contributed by atoms with E-state index in [-0.39, 0.29) is 23.5 Å². The zero-order chi connectivity index (χ0) is 23.5. The fourth-order valence-corrected chi connectivity index (χ4v) is 5.38. The highest BCUT2D eigenvalue weighted by Gasteiger charge is 2.49. The number of Topliss-reactive ketones (excluding diaryl/α,β-unsaturated/α-hetero) is 1. The van der Waals surface area contributed by atoms with Crippen molar-refractivity contribution in [3.8, 4) is 0 Å². The molecule has 33 heavy (non-hydrogen) atoms. The van der Waals surface area contributed by atoms with Crippen LogP contribution in [0.15, 0.2) is 47.4 Å². The molecule has 0 spiro atoms. The lowest BCUT2D eigenvalue weighted by Crippen LogP contribution is -2.48. The van der Waals surface area contributed by atoms with Crippen molar-refractivity contribution in [1.29, 1.82) is 0 Å². The number of nitrogens with zero attached hydrogens (tertiary/aromatic N) is 2. The third-order valence-corrected chi connectivity index (χ3v) is 7.24. The number of rotatable bonds is 5. The number of carbonyl (C=O) groups excluding carboxylic acids is 3. The first-order chi connectivity index (χ1) is 16.0. The first-order valence-electron chi connectivity index (χ1n) is 11.3. The van der Waals surface area contributed by atoms with Gasteiger partial charge in [-0.25, -0.2) is 4.79 Å². The quantitative estimate of drug-likeness (QED) is 0.400. The summed E-state index contributed by atoms with van der Waals surface area (Å²) < 4.78 is 5.09. The maximum atomic E-state index is 13.2. The summed E-state index contributed by atoms with van der Waals surface area (Å²) in [7, 11) is 0. The number of hydrogen-bond donors (Lipinski definition) is 1. The van der Waals surface area contributed by atoms with E-state index < -0.39 is 17.7 Å². The molecule has 2 fully saturated rings. The van der Waals surface area contributed by atoms with Crippen molar-refractivity contribution in [2.24, 2.45) is 0 Å². The van der Waals surface area contributed by atoms with Crippen LogP contribution in [0.3, 0.4) is 0 Å². The minimum atomic E-state index is -0.668. The summed E-state index contributed by atoms with van der Waals surface area (Å²) in [6.45, 7) is 5.01. The summed E-state index contributed by atoms with van der Waals surface area (Å²) >= 11 is 1.45. The SMILES string of the molecule is CCOC(=O)N1CCC(N2C(=O)C(=O)/C(=C(\O)c3ccc(CC)cc3)C2c2cccs2)CC1. The average molecular weight is 469 g/mol. The minimum absolute atomic E-state index is 0.125. The number of amides is 2. The fraction of sp³-hybridized carbons (Fsp3) is 0.400. The zero-order valence-corrected chi connectivity index (χ0v) is 19.6. The zero-order valence-electron chi connectivity index (χ0n) is 18.8. The molecule has 1 unspecified atom stereocenters. The lowest BCUT2D eigenvalue weighted by molar-refractivity contribution is -0.142. The van der Waals surface area contributed by atoms with Crippen LogP contribution in [0.4, 0.5) is 4.79 Å². The molecule has 0 saturated carbocycles. The van der Waals surface area contributed by atoms with Crippen LogP contribution in [-0.2, 0) is 20.7 Å². The standard InChI is InChI=1S/C25H28N2O5S/c1-3-16-7-9-17(10-8-16)22(28)20-21(19-6-5-15-33-19)27(24(30)23(20)29)18-11-13-26(14-12-18)25(31)32-4-2/h5-10,15,18,21,28H,3-4,11-14H2,1-2H3/b22-20-. The van der Waals surface area contributed by atoms with Crippen LogP contribution in [0, 0.1) is 0 Å². The predicted octanol–water partition coefficient (Wildman–Crippen LogP) is 4.35. The van der Waals surface area contributed by atoms with E-state index in [4.69, 9.17) is 4.74 Å². The summed E-state index contributed by atoms with van der Waals surface area (Å²) in [5.41, 5.74) is 1.76. The number of ketones is 1. The van der Waals surface area contributed by atoms with Gasteiger partial charge >= 0.3 is 6.09 Å². The second-order valence-electron chi connectivity index (χ2n) is 8.19. The topological polar surface area (TPSA) is 87.2 Å². The van der Waals surface area contributed by atoms with E-state index in [9.17, 15) is 19.5 Å². The number of hydrogen-bond acceptors (Lipinski definition) is 6. The lowest BCUT2D eigenvalue weighted by atomic mass is 9.97. The number of carbonyl (C=O) groups is 3. The summed E-state index contributed by atoms with van der Waals surface area (Å²) in [6.07, 6.45) is 1.59. The van der Waals surface area contributed by atoms with Gasteiger partial charge in [0.15, 0.2) is 0 Å². The van der Waals surface area contributed by atoms with Crippen molar-refractivity contribution in [2.45, 2.75) is 45.2 Å². The van der Waals surface area contributed by atoms with Crippen LogP contribution in [0.2, 0.25) is 0 Å². The molecule has 1 atom stereocenters. The Morgan fingerprint density at radius 3 is 2.39 bits per heavy atom. The van der Waals surface area contributed by atoms with Gasteiger partial charge in [-0.2, -0.15) is 0 Å². The molecule has 2 aromatic rings. The lowest BCUT2D eigenvalue weighted by Gasteiger charge is -2.38. The van der Waals surface area contributed by atoms with Crippen molar-refractivity contribution in [2.75, 3.05) is 19.7 Å². The molecule has 2 amide bonds. The third-order valence-electron chi connectivity index (χ3n) is 6.31. The van der Waals surface area contributed by atoms with E-state index in [1.54, 1.807) is 28.9 Å². The van der Waals surface area contributed by atoms with Crippen LogP contribution < -0.4 is 0 Å². The van der Waals surface area contributed by atoms with Crippen LogP contribution >= 0.6 is 11.3 Å². The second-order valence-corrected chi connectivity index (χ2v) is 9.17. The van der Waals surface area contributed by atoms with Gasteiger partial charge in [0.25, 0.3) is 11.7 Å². The first kappa shape index (κ1) is 23.0. The Morgan fingerprint density at radius 2 is 1.82 bits per heavy atom. The van der Waals surface area contributed by atoms with Crippen LogP contribution in [-0.4, -0.2) is 58.4 Å². The van der Waals surface area contributed by atoms with Gasteiger partial charge in [-0.3, -0.25) is 9.59 Å². The number of aliphatic hydroxyl groups is 1. The summed E-state index contributed by atoms with van der Waals surface area (Å²) in [5.74, 6) is -1.42. The van der Waals surface area contributed by atoms with Crippen LogP contribution in [0.1, 0.15) is 48.7 Å². The Hall–Kier alpha value is -3.13. The fourth-order valence-electron chi connectivity index (χ4n) is 4.55. The largest absolute Gasteiger partial charge is 0.507 e. The number of aliphatic hydroxyl groups excluding tert-OH is 1. The first-order valence-corrected chi connectivity index (χ1v) is 12.2. The molecular formula is C25H28N2O5S. The van der Waals surface area contributed by atoms with Crippen LogP contribution in [0.5, 0.6) is 0 Å². The molecule has 1 aromatic heterocycles. The Kier molecular flexibility index (Phi) is 6.83. The summed E-state index contributed by atoms with van der Waals surface area (Å²) in [4.78, 5) is 42.5. The Labute approximate surface area is 197 Å². The summed E-state index contributed by atoms with van der Waals surface area (Å²) in [5, 5.41) is 13.0.